The van der Waals surface area contributed by atoms with Crippen LogP contribution in [0, 0.1) is 34.3 Å². The predicted octanol–water partition coefficient (Wildman–Crippen LogP) is 5.13. The van der Waals surface area contributed by atoms with Gasteiger partial charge in [-0.25, -0.2) is 19.2 Å². The van der Waals surface area contributed by atoms with E-state index in [4.69, 9.17) is 19.8 Å². The van der Waals surface area contributed by atoms with Crippen LogP contribution in [0.1, 0.15) is 35.1 Å². The molecule has 0 radical (unpaired) electrons. The second-order valence-electron chi connectivity index (χ2n) is 11.0. The van der Waals surface area contributed by atoms with Crippen molar-refractivity contribution in [2.24, 2.45) is 0 Å². The summed E-state index contributed by atoms with van der Waals surface area (Å²) in [6.07, 6.45) is 5.31. The van der Waals surface area contributed by atoms with E-state index in [0.29, 0.717) is 60.5 Å². The number of methoxy groups -OCH3 is 1. The number of aromatic nitrogens is 1. The largest absolute Gasteiger partial charge is 0.504 e. The fourth-order valence-corrected chi connectivity index (χ4v) is 5.56. The highest BCUT2D eigenvalue weighted by molar-refractivity contribution is 5.91. The minimum Gasteiger partial charge on any atom is -0.504 e. The lowest BCUT2D eigenvalue weighted by atomic mass is 9.91. The number of nitriles is 2. The van der Waals surface area contributed by atoms with Crippen LogP contribution in [0.25, 0.3) is 28.3 Å². The van der Waals surface area contributed by atoms with E-state index in [1.54, 1.807) is 36.5 Å². The summed E-state index contributed by atoms with van der Waals surface area (Å²) in [5.41, 5.74) is 4.34. The molecule has 0 aliphatic carbocycles. The minimum absolute atomic E-state index is 0.110. The Bertz CT molecular complexity index is 1980. The number of carboxylic acid groups (broad SMARTS) is 1. The fourth-order valence-electron chi connectivity index (χ4n) is 5.56. The van der Waals surface area contributed by atoms with Crippen molar-refractivity contribution in [1.29, 1.82) is 10.5 Å². The number of anilines is 1. The van der Waals surface area contributed by atoms with Crippen LogP contribution < -0.4 is 20.4 Å². The lowest BCUT2D eigenvalue weighted by Gasteiger charge is -2.34. The molecule has 0 atom stereocenters. The number of hydroxylamine groups is 1. The van der Waals surface area contributed by atoms with Gasteiger partial charge in [-0.2, -0.15) is 10.5 Å². The first kappa shape index (κ1) is 36.5. The highest BCUT2D eigenvalue weighted by Gasteiger charge is 2.26. The summed E-state index contributed by atoms with van der Waals surface area (Å²) in [7, 11) is 1.43. The Morgan fingerprint density at radius 2 is 1.78 bits per heavy atom. The zero-order chi connectivity index (χ0) is 36.2. The third kappa shape index (κ3) is 8.56. The number of nitrogens with zero attached hydrogens (tertiary/aromatic N) is 4. The number of hydrogen-bond donors (Lipinski definition) is 5. The number of phenols is 1. The van der Waals surface area contributed by atoms with Gasteiger partial charge in [0.2, 0.25) is 0 Å². The zero-order valence-electron chi connectivity index (χ0n) is 26.7. The summed E-state index contributed by atoms with van der Waals surface area (Å²) in [5, 5.41) is 49.1. The van der Waals surface area contributed by atoms with E-state index in [1.165, 1.54) is 42.9 Å². The van der Waals surface area contributed by atoms with E-state index >= 15 is 0 Å². The highest BCUT2D eigenvalue weighted by Crippen LogP contribution is 2.41. The van der Waals surface area contributed by atoms with Gasteiger partial charge < -0.3 is 25.2 Å². The van der Waals surface area contributed by atoms with Crippen LogP contribution >= 0.6 is 0 Å². The Kier molecular flexibility index (Phi) is 12.5. The molecule has 1 aromatic heterocycles. The first-order valence-corrected chi connectivity index (χ1v) is 15.1. The first-order chi connectivity index (χ1) is 24.2. The van der Waals surface area contributed by atoms with Gasteiger partial charge in [0.05, 0.1) is 12.7 Å². The van der Waals surface area contributed by atoms with E-state index in [0.717, 1.165) is 11.6 Å². The monoisotopic (exact) mass is 682 g/mol. The molecule has 2 heterocycles. The second kappa shape index (κ2) is 17.2. The van der Waals surface area contributed by atoms with Crippen LogP contribution in [-0.2, 0) is 16.1 Å². The Hall–Kier alpha value is -6.35. The number of phenolic OH excluding ortho intramolecular Hbond substituents is 1. The van der Waals surface area contributed by atoms with Gasteiger partial charge in [-0.05, 0) is 65.9 Å². The molecular weight excluding hydrogens is 650 g/mol. The molecule has 5 rings (SSSR count). The van der Waals surface area contributed by atoms with E-state index in [9.17, 15) is 29.2 Å². The molecule has 1 fully saturated rings. The summed E-state index contributed by atoms with van der Waals surface area (Å²) in [4.78, 5) is 26.2. The van der Waals surface area contributed by atoms with Gasteiger partial charge >= 0.3 is 0 Å². The van der Waals surface area contributed by atoms with Crippen molar-refractivity contribution in [3.05, 3.63) is 101 Å². The maximum Gasteiger partial charge on any atom is 0.290 e. The number of hydrogen-bond acceptors (Lipinski definition) is 10. The van der Waals surface area contributed by atoms with E-state index in [-0.39, 0.29) is 40.7 Å². The van der Waals surface area contributed by atoms with Crippen molar-refractivity contribution < 1.29 is 38.5 Å². The molecule has 14 heteroatoms. The number of benzene rings is 3. The summed E-state index contributed by atoms with van der Waals surface area (Å²) in [6, 6.07) is 17.9. The molecule has 0 saturated carbocycles. The van der Waals surface area contributed by atoms with Crippen molar-refractivity contribution in [2.45, 2.75) is 25.4 Å². The SMILES string of the molecule is COc1ccc(-c2cnc(N3CCC(NCc4ccc(/C=C/C(=O)NO)c(F)c4)CC3)c(C#N)c2-c2ccc(C#N)c(F)c2)cc1O.O=CO. The lowest BCUT2D eigenvalue weighted by molar-refractivity contribution is -0.124. The standard InChI is InChI=1S/C35H30F2N6O4.CH2O2/c1-47-32-8-6-23(16-31(32)44)28-20-41-35(27(18-39)34(28)24-4-5-25(17-38)30(37)15-24)43-12-10-26(11-13-43)40-19-21-2-3-22(29(36)14-21)7-9-33(45)42-46;2-1-3/h2-9,14-16,20,26,40,44,46H,10-13,19H2,1H3,(H,42,45);1H,(H,2,3)/b9-7+;. The number of carbonyl (C=O) groups excluding carboxylic acids is 1. The Morgan fingerprint density at radius 1 is 1.06 bits per heavy atom. The molecule has 0 spiro atoms. The maximum absolute atomic E-state index is 14.8. The first-order valence-electron chi connectivity index (χ1n) is 15.1. The van der Waals surface area contributed by atoms with Gasteiger partial charge in [0.25, 0.3) is 12.4 Å². The summed E-state index contributed by atoms with van der Waals surface area (Å²) in [5.74, 6) is -1.38. The highest BCUT2D eigenvalue weighted by atomic mass is 19.1. The van der Waals surface area contributed by atoms with Gasteiger partial charge in [-0.15, -0.1) is 0 Å². The number of piperidine rings is 1. The van der Waals surface area contributed by atoms with Crippen LogP contribution in [0.4, 0.5) is 14.6 Å². The normalized spacial score (nSPS) is 12.7. The summed E-state index contributed by atoms with van der Waals surface area (Å²) in [6.45, 7) is 1.30. The average molecular weight is 683 g/mol. The molecule has 3 aromatic carbocycles. The number of nitrogens with one attached hydrogen (secondary N) is 2. The third-order valence-electron chi connectivity index (χ3n) is 8.02. The van der Waals surface area contributed by atoms with Gasteiger partial charge in [-0.3, -0.25) is 14.8 Å². The van der Waals surface area contributed by atoms with Crippen molar-refractivity contribution in [3.63, 3.8) is 0 Å². The molecule has 256 valence electrons. The number of halogens is 2. The lowest BCUT2D eigenvalue weighted by Crippen LogP contribution is -2.42. The van der Waals surface area contributed by atoms with Gasteiger partial charge in [0, 0.05) is 54.6 Å². The van der Waals surface area contributed by atoms with Gasteiger partial charge in [-0.1, -0.05) is 24.3 Å². The number of amides is 1. The van der Waals surface area contributed by atoms with Crippen molar-refractivity contribution >= 4 is 24.3 Å². The zero-order valence-corrected chi connectivity index (χ0v) is 26.7. The molecule has 1 amide bonds. The molecule has 5 N–H and O–H groups in total. The maximum atomic E-state index is 14.8. The smallest absolute Gasteiger partial charge is 0.290 e. The summed E-state index contributed by atoms with van der Waals surface area (Å²) < 4.78 is 34.5. The van der Waals surface area contributed by atoms with Crippen LogP contribution in [0.5, 0.6) is 11.5 Å². The van der Waals surface area contributed by atoms with Crippen LogP contribution in [0.15, 0.2) is 66.9 Å². The molecule has 1 aliphatic heterocycles. The number of rotatable bonds is 9. The third-order valence-corrected chi connectivity index (χ3v) is 8.02. The van der Waals surface area contributed by atoms with Crippen molar-refractivity contribution in [1.82, 2.24) is 15.8 Å². The Labute approximate surface area is 286 Å². The quantitative estimate of drug-likeness (QED) is 0.0681. The van der Waals surface area contributed by atoms with E-state index in [1.807, 2.05) is 11.0 Å². The topological polar surface area (TPSA) is 192 Å². The molecule has 1 saturated heterocycles. The van der Waals surface area contributed by atoms with Crippen molar-refractivity contribution in [2.75, 3.05) is 25.1 Å². The molecule has 0 unspecified atom stereocenters. The van der Waals surface area contributed by atoms with Crippen LogP contribution in [0.3, 0.4) is 0 Å². The van der Waals surface area contributed by atoms with Crippen LogP contribution in [0.2, 0.25) is 0 Å². The molecule has 4 aromatic rings. The molecule has 0 bridgehead atoms. The second-order valence-corrected chi connectivity index (χ2v) is 11.0. The number of ether oxygens (including phenoxy) is 1. The van der Waals surface area contributed by atoms with Gasteiger partial charge in [0.1, 0.15) is 35.2 Å². The Morgan fingerprint density at radius 3 is 2.38 bits per heavy atom. The van der Waals surface area contributed by atoms with E-state index in [2.05, 4.69) is 16.4 Å². The number of pyridine rings is 1. The summed E-state index contributed by atoms with van der Waals surface area (Å²) >= 11 is 0. The predicted molar refractivity (Wildman–Crippen MR) is 179 cm³/mol. The fraction of sp³-hybridized carbons (Fsp3) is 0.194. The molecular formula is C36H32F2N6O6. The Balaban J connectivity index is 0.00000181. The average Bonchev–Trinajstić information content (AvgIpc) is 3.13. The number of carbonyl (C=O) groups is 2. The molecule has 1 aliphatic rings. The van der Waals surface area contributed by atoms with E-state index < -0.39 is 17.5 Å². The molecule has 50 heavy (non-hydrogen) atoms. The van der Waals surface area contributed by atoms with Crippen LogP contribution in [-0.4, -0.2) is 59.0 Å². The van der Waals surface area contributed by atoms with Gasteiger partial charge in [0.15, 0.2) is 11.5 Å². The number of aromatic hydroxyl groups is 1. The minimum atomic E-state index is -0.758. The molecule has 12 nitrogen and oxygen atoms in total. The van der Waals surface area contributed by atoms with Crippen molar-refractivity contribution in [3.8, 4) is 45.9 Å².